The van der Waals surface area contributed by atoms with Crippen molar-refractivity contribution in [1.82, 2.24) is 10.2 Å². The van der Waals surface area contributed by atoms with Gasteiger partial charge in [0.15, 0.2) is 0 Å². The Morgan fingerprint density at radius 2 is 2.00 bits per heavy atom. The first-order valence-corrected chi connectivity index (χ1v) is 6.51. The van der Waals surface area contributed by atoms with Crippen molar-refractivity contribution in [3.05, 3.63) is 29.3 Å². The van der Waals surface area contributed by atoms with Crippen molar-refractivity contribution in [2.75, 3.05) is 5.73 Å². The Bertz CT molecular complexity index is 482. The van der Waals surface area contributed by atoms with E-state index in [-0.39, 0.29) is 6.04 Å². The smallest absolute Gasteiger partial charge is 0.134 e. The van der Waals surface area contributed by atoms with E-state index in [1.807, 2.05) is 23.1 Å². The standard InChI is InChI=1S/C13H19N3O3/c14-9-3-1-2-7-8(9)6-16(13(7)19)10-4-5-11(17)15-12(10)18/h1-3,10-13,15,17-19H,4-6,14H2. The number of piperidine rings is 1. The molecule has 1 aromatic carbocycles. The summed E-state index contributed by atoms with van der Waals surface area (Å²) in [7, 11) is 0. The van der Waals surface area contributed by atoms with E-state index in [1.165, 1.54) is 0 Å². The summed E-state index contributed by atoms with van der Waals surface area (Å²) in [5, 5.41) is 32.5. The summed E-state index contributed by atoms with van der Waals surface area (Å²) in [6.07, 6.45) is -1.11. The average molecular weight is 265 g/mol. The first-order chi connectivity index (χ1) is 9.08. The molecule has 3 rings (SSSR count). The van der Waals surface area contributed by atoms with Crippen LogP contribution in [0.3, 0.4) is 0 Å². The molecule has 0 saturated carbocycles. The fourth-order valence-electron chi connectivity index (χ4n) is 3.02. The predicted molar refractivity (Wildman–Crippen MR) is 69.5 cm³/mol. The summed E-state index contributed by atoms with van der Waals surface area (Å²) >= 11 is 0. The van der Waals surface area contributed by atoms with Crippen molar-refractivity contribution < 1.29 is 15.3 Å². The van der Waals surface area contributed by atoms with Gasteiger partial charge in [-0.05, 0) is 24.5 Å². The number of anilines is 1. The number of fused-ring (bicyclic) bond motifs is 1. The molecule has 0 bridgehead atoms. The highest BCUT2D eigenvalue weighted by Gasteiger charge is 2.39. The highest BCUT2D eigenvalue weighted by atomic mass is 16.3. The molecule has 1 fully saturated rings. The Morgan fingerprint density at radius 1 is 1.21 bits per heavy atom. The summed E-state index contributed by atoms with van der Waals surface area (Å²) in [6, 6.07) is 5.26. The number of nitrogens with zero attached hydrogens (tertiary/aromatic N) is 1. The van der Waals surface area contributed by atoms with E-state index in [4.69, 9.17) is 5.73 Å². The molecule has 0 aromatic heterocycles. The summed E-state index contributed by atoms with van der Waals surface area (Å²) in [5.74, 6) is 0. The average Bonchev–Trinajstić information content (AvgIpc) is 2.69. The van der Waals surface area contributed by atoms with Gasteiger partial charge in [0.2, 0.25) is 0 Å². The number of nitrogens with two attached hydrogens (primary N) is 1. The van der Waals surface area contributed by atoms with Gasteiger partial charge in [-0.1, -0.05) is 12.1 Å². The zero-order valence-electron chi connectivity index (χ0n) is 10.5. The second kappa shape index (κ2) is 4.73. The zero-order chi connectivity index (χ0) is 13.6. The molecular formula is C13H19N3O3. The van der Waals surface area contributed by atoms with Crippen LogP contribution in [-0.2, 0) is 6.54 Å². The van der Waals surface area contributed by atoms with Gasteiger partial charge in [0, 0.05) is 17.8 Å². The lowest BCUT2D eigenvalue weighted by atomic mass is 10.0. The van der Waals surface area contributed by atoms with Crippen LogP contribution in [0, 0.1) is 0 Å². The van der Waals surface area contributed by atoms with Crippen LogP contribution in [0.4, 0.5) is 5.69 Å². The molecule has 1 aromatic rings. The molecule has 4 unspecified atom stereocenters. The van der Waals surface area contributed by atoms with Crippen LogP contribution in [0.1, 0.15) is 30.2 Å². The Morgan fingerprint density at radius 3 is 2.68 bits per heavy atom. The van der Waals surface area contributed by atoms with Gasteiger partial charge < -0.3 is 21.1 Å². The fourth-order valence-corrected chi connectivity index (χ4v) is 3.02. The van der Waals surface area contributed by atoms with Crippen LogP contribution in [0.15, 0.2) is 18.2 Å². The predicted octanol–water partition coefficient (Wildman–Crippen LogP) is -0.536. The second-order valence-electron chi connectivity index (χ2n) is 5.23. The molecule has 104 valence electrons. The van der Waals surface area contributed by atoms with E-state index < -0.39 is 18.7 Å². The molecule has 0 amide bonds. The third kappa shape index (κ3) is 2.11. The maximum Gasteiger partial charge on any atom is 0.134 e. The van der Waals surface area contributed by atoms with Crippen LogP contribution in [0.2, 0.25) is 0 Å². The van der Waals surface area contributed by atoms with Crippen LogP contribution < -0.4 is 11.1 Å². The molecule has 6 nitrogen and oxygen atoms in total. The van der Waals surface area contributed by atoms with Crippen molar-refractivity contribution in [1.29, 1.82) is 0 Å². The van der Waals surface area contributed by atoms with E-state index in [9.17, 15) is 15.3 Å². The normalized spacial score (nSPS) is 35.3. The van der Waals surface area contributed by atoms with Gasteiger partial charge in [-0.25, -0.2) is 0 Å². The molecule has 6 heteroatoms. The monoisotopic (exact) mass is 265 g/mol. The van der Waals surface area contributed by atoms with Crippen molar-refractivity contribution in [3.8, 4) is 0 Å². The van der Waals surface area contributed by atoms with Gasteiger partial charge in [-0.15, -0.1) is 0 Å². The quantitative estimate of drug-likeness (QED) is 0.437. The van der Waals surface area contributed by atoms with Crippen LogP contribution >= 0.6 is 0 Å². The number of benzene rings is 1. The number of nitrogen functional groups attached to an aromatic ring is 1. The van der Waals surface area contributed by atoms with E-state index in [1.54, 1.807) is 0 Å². The molecule has 2 heterocycles. The third-order valence-electron chi connectivity index (χ3n) is 4.07. The van der Waals surface area contributed by atoms with Crippen molar-refractivity contribution in [3.63, 3.8) is 0 Å². The van der Waals surface area contributed by atoms with Crippen LogP contribution in [0.25, 0.3) is 0 Å². The fraction of sp³-hybridized carbons (Fsp3) is 0.538. The molecular weight excluding hydrogens is 246 g/mol. The lowest BCUT2D eigenvalue weighted by Gasteiger charge is -2.39. The van der Waals surface area contributed by atoms with Gasteiger partial charge in [0.05, 0.1) is 6.04 Å². The third-order valence-corrected chi connectivity index (χ3v) is 4.07. The Balaban J connectivity index is 1.84. The molecule has 1 saturated heterocycles. The zero-order valence-corrected chi connectivity index (χ0v) is 10.5. The number of aliphatic hydroxyl groups is 3. The maximum atomic E-state index is 10.4. The summed E-state index contributed by atoms with van der Waals surface area (Å²) in [6.45, 7) is 0.517. The molecule has 6 N–H and O–H groups in total. The van der Waals surface area contributed by atoms with Crippen LogP contribution in [0.5, 0.6) is 0 Å². The molecule has 4 atom stereocenters. The molecule has 0 spiro atoms. The molecule has 0 aliphatic carbocycles. The van der Waals surface area contributed by atoms with E-state index >= 15 is 0 Å². The topological polar surface area (TPSA) is 102 Å². The minimum absolute atomic E-state index is 0.231. The summed E-state index contributed by atoms with van der Waals surface area (Å²) in [4.78, 5) is 1.82. The van der Waals surface area contributed by atoms with Crippen molar-refractivity contribution in [2.24, 2.45) is 0 Å². The lowest BCUT2D eigenvalue weighted by Crippen LogP contribution is -2.56. The van der Waals surface area contributed by atoms with Gasteiger partial charge in [0.25, 0.3) is 0 Å². The number of hydrogen-bond donors (Lipinski definition) is 5. The van der Waals surface area contributed by atoms with E-state index in [2.05, 4.69) is 5.32 Å². The summed E-state index contributed by atoms with van der Waals surface area (Å²) in [5.41, 5.74) is 8.32. The first kappa shape index (κ1) is 12.8. The number of rotatable bonds is 1. The first-order valence-electron chi connectivity index (χ1n) is 6.51. The van der Waals surface area contributed by atoms with Gasteiger partial charge >= 0.3 is 0 Å². The molecule has 19 heavy (non-hydrogen) atoms. The largest absolute Gasteiger partial charge is 0.398 e. The lowest BCUT2D eigenvalue weighted by molar-refractivity contribution is -0.104. The molecule has 2 aliphatic heterocycles. The highest BCUT2D eigenvalue weighted by molar-refractivity contribution is 5.53. The number of hydrogen-bond acceptors (Lipinski definition) is 6. The summed E-state index contributed by atoms with van der Waals surface area (Å²) < 4.78 is 0. The van der Waals surface area contributed by atoms with E-state index in [0.717, 1.165) is 11.1 Å². The van der Waals surface area contributed by atoms with Crippen LogP contribution in [-0.4, -0.2) is 38.7 Å². The van der Waals surface area contributed by atoms with Gasteiger partial charge in [-0.3, -0.25) is 10.2 Å². The molecule has 0 radical (unpaired) electrons. The Hall–Kier alpha value is -1.18. The Labute approximate surface area is 111 Å². The molecule has 2 aliphatic rings. The van der Waals surface area contributed by atoms with Gasteiger partial charge in [-0.2, -0.15) is 0 Å². The van der Waals surface area contributed by atoms with Gasteiger partial charge in [0.1, 0.15) is 18.7 Å². The maximum absolute atomic E-state index is 10.4. The SMILES string of the molecule is Nc1cccc2c1CN(C1CCC(O)NC1O)C2O. The minimum Gasteiger partial charge on any atom is -0.398 e. The Kier molecular flexibility index (Phi) is 3.20. The minimum atomic E-state index is -0.853. The number of nitrogens with one attached hydrogen (secondary N) is 1. The van der Waals surface area contributed by atoms with E-state index in [0.29, 0.717) is 25.1 Å². The van der Waals surface area contributed by atoms with Crippen molar-refractivity contribution >= 4 is 5.69 Å². The second-order valence-corrected chi connectivity index (χ2v) is 5.23. The highest BCUT2D eigenvalue weighted by Crippen LogP contribution is 2.38. The van der Waals surface area contributed by atoms with Crippen molar-refractivity contribution in [2.45, 2.75) is 44.1 Å². The number of aliphatic hydroxyl groups excluding tert-OH is 3.